The second kappa shape index (κ2) is 11.3. The number of methoxy groups -OCH3 is 1. The fourth-order valence-corrected chi connectivity index (χ4v) is 7.87. The van der Waals surface area contributed by atoms with Gasteiger partial charge in [-0.2, -0.15) is 0 Å². The van der Waals surface area contributed by atoms with Gasteiger partial charge in [0.05, 0.1) is 0 Å². The van der Waals surface area contributed by atoms with Gasteiger partial charge >= 0.3 is 0 Å². The quantitative estimate of drug-likeness (QED) is 0.473. The SMILES string of the molecule is C=CC1CCC(C2C=CCCCC2C2CCC3CC=CCNC(OC)C3C2)CC1CC. The summed E-state index contributed by atoms with van der Waals surface area (Å²) in [7, 11) is 1.91. The lowest BCUT2D eigenvalue weighted by atomic mass is 9.60. The van der Waals surface area contributed by atoms with Crippen LogP contribution in [-0.2, 0) is 4.74 Å². The van der Waals surface area contributed by atoms with Gasteiger partial charge in [-0.05, 0) is 106 Å². The van der Waals surface area contributed by atoms with Crippen molar-refractivity contribution in [3.8, 4) is 0 Å². The topological polar surface area (TPSA) is 21.3 Å². The van der Waals surface area contributed by atoms with Crippen molar-refractivity contribution < 1.29 is 4.74 Å². The molecule has 4 rings (SSSR count). The largest absolute Gasteiger partial charge is 0.366 e. The Morgan fingerprint density at radius 2 is 1.81 bits per heavy atom. The number of allylic oxidation sites excluding steroid dienone is 4. The van der Waals surface area contributed by atoms with Crippen LogP contribution in [0.3, 0.4) is 0 Å². The lowest BCUT2D eigenvalue weighted by molar-refractivity contribution is -0.0356. The van der Waals surface area contributed by atoms with Crippen molar-refractivity contribution in [1.29, 1.82) is 0 Å². The summed E-state index contributed by atoms with van der Waals surface area (Å²) in [5, 5.41) is 3.67. The van der Waals surface area contributed by atoms with Crippen LogP contribution < -0.4 is 5.32 Å². The van der Waals surface area contributed by atoms with Gasteiger partial charge in [0.2, 0.25) is 0 Å². The fourth-order valence-electron chi connectivity index (χ4n) is 7.87. The smallest absolute Gasteiger partial charge is 0.111 e. The van der Waals surface area contributed by atoms with E-state index in [1.807, 2.05) is 7.11 Å². The molecule has 31 heavy (non-hydrogen) atoms. The zero-order valence-electron chi connectivity index (χ0n) is 20.2. The maximum atomic E-state index is 5.98. The highest BCUT2D eigenvalue weighted by atomic mass is 16.5. The lowest BCUT2D eigenvalue weighted by Gasteiger charge is -2.46. The van der Waals surface area contributed by atoms with E-state index in [0.29, 0.717) is 5.92 Å². The maximum absolute atomic E-state index is 5.98. The minimum absolute atomic E-state index is 0.227. The number of ether oxygens (including phenoxy) is 1. The summed E-state index contributed by atoms with van der Waals surface area (Å²) in [6, 6.07) is 0. The Morgan fingerprint density at radius 3 is 2.61 bits per heavy atom. The third-order valence-electron chi connectivity index (χ3n) is 9.59. The van der Waals surface area contributed by atoms with Gasteiger partial charge in [0.1, 0.15) is 6.23 Å². The molecule has 0 saturated heterocycles. The molecule has 1 aliphatic heterocycles. The molecule has 2 saturated carbocycles. The summed E-state index contributed by atoms with van der Waals surface area (Å²) in [6.07, 6.45) is 27.4. The summed E-state index contributed by atoms with van der Waals surface area (Å²) in [5.41, 5.74) is 0. The van der Waals surface area contributed by atoms with Gasteiger partial charge in [-0.15, -0.1) is 6.58 Å². The molecule has 2 heteroatoms. The van der Waals surface area contributed by atoms with Gasteiger partial charge in [-0.1, -0.05) is 43.7 Å². The first-order valence-corrected chi connectivity index (χ1v) is 13.5. The number of fused-ring (bicyclic) bond motifs is 1. The van der Waals surface area contributed by atoms with Crippen molar-refractivity contribution in [2.45, 2.75) is 83.8 Å². The average Bonchev–Trinajstić information content (AvgIpc) is 3.05. The Kier molecular flexibility index (Phi) is 8.51. The second-order valence-corrected chi connectivity index (χ2v) is 11.0. The molecular weight excluding hydrogens is 378 g/mol. The standard InChI is InChI=1S/C29H47NO/c1-4-21-14-16-24(19-22(21)5-2)26-12-7-6-8-13-27(26)25-17-15-23-11-9-10-18-30-29(31-3)28(23)20-25/h4,7,9-10,12,21-30H,1,5-6,8,11,13-20H2,2-3H3. The molecule has 1 N–H and O–H groups in total. The molecule has 9 unspecified atom stereocenters. The van der Waals surface area contributed by atoms with Gasteiger partial charge in [0.25, 0.3) is 0 Å². The van der Waals surface area contributed by atoms with E-state index in [4.69, 9.17) is 4.74 Å². The molecule has 0 aromatic rings. The molecule has 9 atom stereocenters. The van der Waals surface area contributed by atoms with Crippen LogP contribution in [0.25, 0.3) is 0 Å². The third kappa shape index (κ3) is 5.38. The van der Waals surface area contributed by atoms with E-state index in [1.54, 1.807) is 0 Å². The fraction of sp³-hybridized carbons (Fsp3) is 0.793. The predicted molar refractivity (Wildman–Crippen MR) is 132 cm³/mol. The molecule has 2 nitrogen and oxygen atoms in total. The predicted octanol–water partition coefficient (Wildman–Crippen LogP) is 7.14. The molecule has 0 radical (unpaired) electrons. The van der Waals surface area contributed by atoms with Gasteiger partial charge < -0.3 is 4.74 Å². The number of rotatable bonds is 5. The highest BCUT2D eigenvalue weighted by Gasteiger charge is 2.42. The number of nitrogens with one attached hydrogen (secondary N) is 1. The Morgan fingerprint density at radius 1 is 0.968 bits per heavy atom. The first-order valence-electron chi connectivity index (χ1n) is 13.5. The minimum Gasteiger partial charge on any atom is -0.366 e. The first-order chi connectivity index (χ1) is 15.2. The van der Waals surface area contributed by atoms with Gasteiger partial charge in [0.15, 0.2) is 0 Å². The zero-order valence-corrected chi connectivity index (χ0v) is 20.2. The number of hydrogen-bond donors (Lipinski definition) is 1. The van der Waals surface area contributed by atoms with Gasteiger partial charge in [-0.3, -0.25) is 5.32 Å². The van der Waals surface area contributed by atoms with Crippen molar-refractivity contribution in [2.24, 2.45) is 47.3 Å². The summed E-state index contributed by atoms with van der Waals surface area (Å²) >= 11 is 0. The molecule has 3 aliphatic carbocycles. The van der Waals surface area contributed by atoms with E-state index in [1.165, 1.54) is 70.6 Å². The highest BCUT2D eigenvalue weighted by molar-refractivity contribution is 5.04. The first kappa shape index (κ1) is 23.3. The Bertz CT molecular complexity index is 624. The van der Waals surface area contributed by atoms with Gasteiger partial charge in [0, 0.05) is 19.6 Å². The van der Waals surface area contributed by atoms with E-state index in [9.17, 15) is 0 Å². The monoisotopic (exact) mass is 425 g/mol. The van der Waals surface area contributed by atoms with Crippen LogP contribution in [0.4, 0.5) is 0 Å². The number of hydrogen-bond acceptors (Lipinski definition) is 2. The Hall–Kier alpha value is -0.860. The van der Waals surface area contributed by atoms with Gasteiger partial charge in [-0.25, -0.2) is 0 Å². The van der Waals surface area contributed by atoms with Crippen LogP contribution in [0, 0.1) is 47.3 Å². The molecule has 2 fully saturated rings. The Labute approximate surface area is 192 Å². The highest BCUT2D eigenvalue weighted by Crippen LogP contribution is 2.50. The zero-order chi connectivity index (χ0) is 21.6. The van der Waals surface area contributed by atoms with Crippen molar-refractivity contribution in [3.05, 3.63) is 37.0 Å². The Balaban J connectivity index is 1.50. The van der Waals surface area contributed by atoms with Crippen molar-refractivity contribution in [3.63, 3.8) is 0 Å². The molecule has 1 heterocycles. The van der Waals surface area contributed by atoms with Crippen molar-refractivity contribution in [2.75, 3.05) is 13.7 Å². The summed E-state index contributed by atoms with van der Waals surface area (Å²) in [6.45, 7) is 7.50. The normalized spacial score (nSPS) is 44.0. The van der Waals surface area contributed by atoms with E-state index in [0.717, 1.165) is 48.0 Å². The van der Waals surface area contributed by atoms with E-state index in [-0.39, 0.29) is 6.23 Å². The third-order valence-corrected chi connectivity index (χ3v) is 9.59. The van der Waals surface area contributed by atoms with Crippen molar-refractivity contribution in [1.82, 2.24) is 5.32 Å². The van der Waals surface area contributed by atoms with Crippen LogP contribution >= 0.6 is 0 Å². The van der Waals surface area contributed by atoms with E-state index >= 15 is 0 Å². The van der Waals surface area contributed by atoms with Crippen LogP contribution in [0.2, 0.25) is 0 Å². The molecule has 0 bridgehead atoms. The molecule has 0 spiro atoms. The van der Waals surface area contributed by atoms with Crippen LogP contribution in [0.5, 0.6) is 0 Å². The maximum Gasteiger partial charge on any atom is 0.111 e. The van der Waals surface area contributed by atoms with Crippen LogP contribution in [0.1, 0.15) is 77.6 Å². The van der Waals surface area contributed by atoms with E-state index in [2.05, 4.69) is 49.2 Å². The molecule has 0 aromatic heterocycles. The average molecular weight is 426 g/mol. The summed E-state index contributed by atoms with van der Waals surface area (Å²) < 4.78 is 5.98. The molecule has 174 valence electrons. The van der Waals surface area contributed by atoms with Crippen LogP contribution in [-0.4, -0.2) is 19.9 Å². The minimum atomic E-state index is 0.227. The molecule has 0 aromatic carbocycles. The molecular formula is C29H47NO. The lowest BCUT2D eigenvalue weighted by Crippen LogP contribution is -2.46. The molecule has 0 amide bonds. The van der Waals surface area contributed by atoms with E-state index < -0.39 is 0 Å². The second-order valence-electron chi connectivity index (χ2n) is 11.0. The van der Waals surface area contributed by atoms with Crippen LogP contribution in [0.15, 0.2) is 37.0 Å². The summed E-state index contributed by atoms with van der Waals surface area (Å²) in [5.74, 6) is 6.49. The molecule has 4 aliphatic rings. The van der Waals surface area contributed by atoms with Crippen molar-refractivity contribution >= 4 is 0 Å². The summed E-state index contributed by atoms with van der Waals surface area (Å²) in [4.78, 5) is 0.